The molecule has 1 aliphatic heterocycles. The highest BCUT2D eigenvalue weighted by atomic mass is 16.6. The zero-order valence-electron chi connectivity index (χ0n) is 16.9. The van der Waals surface area contributed by atoms with Crippen molar-refractivity contribution in [3.8, 4) is 11.4 Å². The quantitative estimate of drug-likeness (QED) is 0.662. The summed E-state index contributed by atoms with van der Waals surface area (Å²) in [7, 11) is 0. The summed E-state index contributed by atoms with van der Waals surface area (Å²) in [6.45, 7) is 8.01. The van der Waals surface area contributed by atoms with Gasteiger partial charge in [0, 0.05) is 43.3 Å². The summed E-state index contributed by atoms with van der Waals surface area (Å²) in [6, 6.07) is 9.97. The Hall–Kier alpha value is -3.29. The number of amides is 1. The predicted octanol–water partition coefficient (Wildman–Crippen LogP) is 3.14. The lowest BCUT2D eigenvalue weighted by molar-refractivity contribution is 0.0240. The maximum atomic E-state index is 12.2. The van der Waals surface area contributed by atoms with E-state index in [4.69, 9.17) is 4.74 Å². The highest BCUT2D eigenvalue weighted by Crippen LogP contribution is 2.21. The van der Waals surface area contributed by atoms with Crippen LogP contribution in [-0.4, -0.2) is 62.7 Å². The van der Waals surface area contributed by atoms with Crippen molar-refractivity contribution in [3.63, 3.8) is 0 Å². The van der Waals surface area contributed by atoms with Crippen LogP contribution < -0.4 is 4.90 Å². The van der Waals surface area contributed by atoms with E-state index in [9.17, 15) is 4.79 Å². The molecule has 0 spiro atoms. The predicted molar refractivity (Wildman–Crippen MR) is 111 cm³/mol. The van der Waals surface area contributed by atoms with Crippen LogP contribution in [-0.2, 0) is 4.74 Å². The number of aromatic nitrogens is 4. The second-order valence-electron chi connectivity index (χ2n) is 7.98. The molecule has 8 heteroatoms. The number of carbonyl (C=O) groups excluding carboxylic acids is 1. The van der Waals surface area contributed by atoms with Gasteiger partial charge in [-0.15, -0.1) is 0 Å². The minimum absolute atomic E-state index is 0.282. The topological polar surface area (TPSA) is 84.3 Å². The van der Waals surface area contributed by atoms with Gasteiger partial charge in [-0.1, -0.05) is 18.2 Å². The molecule has 8 nitrogen and oxygen atoms in total. The molecule has 0 N–H and O–H groups in total. The van der Waals surface area contributed by atoms with Crippen LogP contribution in [0.4, 0.5) is 10.7 Å². The van der Waals surface area contributed by atoms with Gasteiger partial charge < -0.3 is 14.5 Å². The molecular weight excluding hydrogens is 368 g/mol. The molecule has 1 fully saturated rings. The molecule has 0 bridgehead atoms. The summed E-state index contributed by atoms with van der Waals surface area (Å²) in [4.78, 5) is 33.8. The van der Waals surface area contributed by atoms with Crippen LogP contribution in [0.2, 0.25) is 0 Å². The van der Waals surface area contributed by atoms with Crippen molar-refractivity contribution in [2.45, 2.75) is 26.4 Å². The van der Waals surface area contributed by atoms with E-state index in [2.05, 4.69) is 24.8 Å². The van der Waals surface area contributed by atoms with Crippen molar-refractivity contribution in [3.05, 3.63) is 42.9 Å². The van der Waals surface area contributed by atoms with Crippen LogP contribution in [0.5, 0.6) is 0 Å². The van der Waals surface area contributed by atoms with E-state index < -0.39 is 5.60 Å². The lowest BCUT2D eigenvalue weighted by Crippen LogP contribution is -2.50. The summed E-state index contributed by atoms with van der Waals surface area (Å²) >= 11 is 0. The Kier molecular flexibility index (Phi) is 5.00. The molecular formula is C21H24N6O2. The number of anilines is 1. The van der Waals surface area contributed by atoms with Crippen molar-refractivity contribution >= 4 is 22.9 Å². The molecule has 0 unspecified atom stereocenters. The second-order valence-corrected chi connectivity index (χ2v) is 7.98. The van der Waals surface area contributed by atoms with Crippen molar-refractivity contribution < 1.29 is 9.53 Å². The van der Waals surface area contributed by atoms with Gasteiger partial charge in [0.15, 0.2) is 5.82 Å². The average molecular weight is 392 g/mol. The van der Waals surface area contributed by atoms with E-state index in [1.54, 1.807) is 11.1 Å². The first-order chi connectivity index (χ1) is 13.9. The van der Waals surface area contributed by atoms with Crippen molar-refractivity contribution in [2.75, 3.05) is 31.1 Å². The number of benzene rings is 1. The number of rotatable bonds is 2. The highest BCUT2D eigenvalue weighted by molar-refractivity contribution is 5.82. The largest absolute Gasteiger partial charge is 0.444 e. The average Bonchev–Trinajstić information content (AvgIpc) is 2.72. The van der Waals surface area contributed by atoms with Gasteiger partial charge in [-0.3, -0.25) is 4.98 Å². The van der Waals surface area contributed by atoms with Gasteiger partial charge >= 0.3 is 6.09 Å². The first kappa shape index (κ1) is 19.0. The smallest absolute Gasteiger partial charge is 0.410 e. The lowest BCUT2D eigenvalue weighted by atomic mass is 10.1. The number of pyridine rings is 1. The first-order valence-corrected chi connectivity index (χ1v) is 9.66. The molecule has 2 aromatic heterocycles. The van der Waals surface area contributed by atoms with E-state index in [-0.39, 0.29) is 6.09 Å². The summed E-state index contributed by atoms with van der Waals surface area (Å²) in [5, 5.41) is 1.04. The zero-order valence-corrected chi connectivity index (χ0v) is 16.9. The third kappa shape index (κ3) is 4.42. The first-order valence-electron chi connectivity index (χ1n) is 9.66. The van der Waals surface area contributed by atoms with Gasteiger partial charge in [-0.05, 0) is 32.9 Å². The summed E-state index contributed by atoms with van der Waals surface area (Å²) in [5.41, 5.74) is 1.29. The molecule has 1 amide bonds. The van der Waals surface area contributed by atoms with E-state index >= 15 is 0 Å². The summed E-state index contributed by atoms with van der Waals surface area (Å²) < 4.78 is 5.45. The number of nitrogens with zero attached hydrogens (tertiary/aromatic N) is 6. The zero-order chi connectivity index (χ0) is 20.4. The van der Waals surface area contributed by atoms with Gasteiger partial charge in [0.25, 0.3) is 0 Å². The molecule has 1 saturated heterocycles. The second kappa shape index (κ2) is 7.62. The number of carbonyl (C=O) groups is 1. The maximum absolute atomic E-state index is 12.2. The molecule has 29 heavy (non-hydrogen) atoms. The molecule has 150 valence electrons. The van der Waals surface area contributed by atoms with Crippen LogP contribution in [0.1, 0.15) is 20.8 Å². The van der Waals surface area contributed by atoms with Crippen LogP contribution >= 0.6 is 0 Å². The van der Waals surface area contributed by atoms with Crippen LogP contribution in [0, 0.1) is 0 Å². The molecule has 3 aromatic rings. The third-order valence-electron chi connectivity index (χ3n) is 4.62. The van der Waals surface area contributed by atoms with E-state index in [1.165, 1.54) is 6.33 Å². The lowest BCUT2D eigenvalue weighted by Gasteiger charge is -2.35. The number of para-hydroxylation sites is 1. The van der Waals surface area contributed by atoms with Gasteiger partial charge in [-0.2, -0.15) is 4.98 Å². The minimum atomic E-state index is -0.495. The van der Waals surface area contributed by atoms with Gasteiger partial charge in [0.2, 0.25) is 5.95 Å². The highest BCUT2D eigenvalue weighted by Gasteiger charge is 2.26. The third-order valence-corrected chi connectivity index (χ3v) is 4.62. The Morgan fingerprint density at radius 3 is 2.55 bits per heavy atom. The summed E-state index contributed by atoms with van der Waals surface area (Å²) in [5.74, 6) is 1.19. The standard InChI is InChI=1S/C21H24N6O2/c1-21(2,3)29-20(28)27-10-8-26(9-11-27)19-24-14-23-18(25-19)16-12-15-6-4-5-7-17(15)22-13-16/h4-7,12-14H,8-11H2,1-3H3. The van der Waals surface area contributed by atoms with Crippen LogP contribution in [0.25, 0.3) is 22.3 Å². The Bertz CT molecular complexity index is 1020. The van der Waals surface area contributed by atoms with Crippen molar-refractivity contribution in [1.82, 2.24) is 24.8 Å². The minimum Gasteiger partial charge on any atom is -0.444 e. The fourth-order valence-corrected chi connectivity index (χ4v) is 3.19. The number of piperazine rings is 1. The molecule has 0 saturated carbocycles. The monoisotopic (exact) mass is 392 g/mol. The molecule has 4 rings (SSSR count). The molecule has 0 atom stereocenters. The van der Waals surface area contributed by atoms with Crippen LogP contribution in [0.3, 0.4) is 0 Å². The maximum Gasteiger partial charge on any atom is 0.410 e. The van der Waals surface area contributed by atoms with E-state index in [0.29, 0.717) is 38.0 Å². The van der Waals surface area contributed by atoms with Gasteiger partial charge in [0.1, 0.15) is 11.9 Å². The SMILES string of the molecule is CC(C)(C)OC(=O)N1CCN(c2ncnc(-c3cnc4ccccc4c3)n2)CC1. The Morgan fingerprint density at radius 1 is 1.03 bits per heavy atom. The normalized spacial score (nSPS) is 14.9. The van der Waals surface area contributed by atoms with E-state index in [0.717, 1.165) is 16.5 Å². The fourth-order valence-electron chi connectivity index (χ4n) is 3.19. The Morgan fingerprint density at radius 2 is 1.79 bits per heavy atom. The molecule has 0 radical (unpaired) electrons. The Balaban J connectivity index is 1.47. The fraction of sp³-hybridized carbons (Fsp3) is 0.381. The number of hydrogen-bond acceptors (Lipinski definition) is 7. The number of fused-ring (bicyclic) bond motifs is 1. The van der Waals surface area contributed by atoms with Gasteiger partial charge in [-0.25, -0.2) is 14.8 Å². The molecule has 3 heterocycles. The molecule has 0 aliphatic carbocycles. The Labute approximate surface area is 169 Å². The summed E-state index contributed by atoms with van der Waals surface area (Å²) in [6.07, 6.45) is 3.02. The van der Waals surface area contributed by atoms with Gasteiger partial charge in [0.05, 0.1) is 5.52 Å². The van der Waals surface area contributed by atoms with Crippen molar-refractivity contribution in [2.24, 2.45) is 0 Å². The molecule has 1 aromatic carbocycles. The van der Waals surface area contributed by atoms with E-state index in [1.807, 2.05) is 51.1 Å². The molecule has 1 aliphatic rings. The number of hydrogen-bond donors (Lipinski definition) is 0. The van der Waals surface area contributed by atoms with Crippen molar-refractivity contribution in [1.29, 1.82) is 0 Å². The number of ether oxygens (including phenoxy) is 1. The van der Waals surface area contributed by atoms with Crippen LogP contribution in [0.15, 0.2) is 42.9 Å².